The number of hydrogen-bond donors (Lipinski definition) is 3. The van der Waals surface area contributed by atoms with E-state index in [1.54, 1.807) is 0 Å². The van der Waals surface area contributed by atoms with Gasteiger partial charge in [0.05, 0.1) is 0 Å². The fourth-order valence-electron chi connectivity index (χ4n) is 3.72. The maximum absolute atomic E-state index is 13.4. The number of rotatable bonds is 7. The lowest BCUT2D eigenvalue weighted by Gasteiger charge is -2.18. The van der Waals surface area contributed by atoms with E-state index < -0.39 is 5.25 Å². The van der Waals surface area contributed by atoms with Crippen LogP contribution >= 0.6 is 24.0 Å². The minimum absolute atomic E-state index is 0.0540. The molecule has 0 aliphatic rings. The first-order valence-electron chi connectivity index (χ1n) is 11.3. The first-order valence-corrected chi connectivity index (χ1v) is 12.6. The predicted octanol–water partition coefficient (Wildman–Crippen LogP) is 7.58. The van der Waals surface area contributed by atoms with E-state index in [-0.39, 0.29) is 5.91 Å². The molecular formula is C29H27N3OS2. The molecule has 4 rings (SSSR count). The molecule has 4 aromatic rings. The van der Waals surface area contributed by atoms with Gasteiger partial charge in [0.2, 0.25) is 5.91 Å². The Kier molecular flexibility index (Phi) is 8.19. The van der Waals surface area contributed by atoms with Gasteiger partial charge in [0.25, 0.3) is 0 Å². The normalized spacial score (nSPS) is 11.4. The van der Waals surface area contributed by atoms with Gasteiger partial charge in [0, 0.05) is 22.0 Å². The van der Waals surface area contributed by atoms with Crippen molar-refractivity contribution in [3.8, 4) is 0 Å². The summed E-state index contributed by atoms with van der Waals surface area (Å²) in [5, 5.41) is 9.60. The maximum atomic E-state index is 13.4. The number of nitrogens with one attached hydrogen (secondary N) is 3. The number of benzene rings is 4. The summed E-state index contributed by atoms with van der Waals surface area (Å²) in [4.78, 5) is 14.3. The molecule has 1 amide bonds. The lowest BCUT2D eigenvalue weighted by atomic mass is 10.1. The fourth-order valence-corrected chi connectivity index (χ4v) is 4.98. The number of carbonyl (C=O) groups is 1. The van der Waals surface area contributed by atoms with Crippen LogP contribution in [-0.4, -0.2) is 11.0 Å². The Morgan fingerprint density at radius 1 is 0.686 bits per heavy atom. The van der Waals surface area contributed by atoms with Crippen LogP contribution in [0.3, 0.4) is 0 Å². The first kappa shape index (κ1) is 24.5. The third kappa shape index (κ3) is 7.18. The van der Waals surface area contributed by atoms with Crippen LogP contribution in [0, 0.1) is 13.8 Å². The van der Waals surface area contributed by atoms with E-state index >= 15 is 0 Å². The molecule has 0 saturated carbocycles. The molecule has 0 fully saturated rings. The molecule has 0 aromatic heterocycles. The van der Waals surface area contributed by atoms with Gasteiger partial charge in [0.1, 0.15) is 5.25 Å². The number of thioether (sulfide) groups is 1. The van der Waals surface area contributed by atoms with Crippen LogP contribution in [-0.2, 0) is 4.79 Å². The zero-order valence-electron chi connectivity index (χ0n) is 19.6. The highest BCUT2D eigenvalue weighted by Gasteiger charge is 2.22. The van der Waals surface area contributed by atoms with Crippen molar-refractivity contribution in [1.29, 1.82) is 0 Å². The summed E-state index contributed by atoms with van der Waals surface area (Å²) in [5.74, 6) is -0.0540. The van der Waals surface area contributed by atoms with Crippen molar-refractivity contribution in [1.82, 2.24) is 0 Å². The van der Waals surface area contributed by atoms with Crippen LogP contribution in [0.1, 0.15) is 21.9 Å². The van der Waals surface area contributed by atoms with Crippen LogP contribution in [0.2, 0.25) is 0 Å². The largest absolute Gasteiger partial charge is 0.332 e. The Morgan fingerprint density at radius 2 is 1.23 bits per heavy atom. The second-order valence-electron chi connectivity index (χ2n) is 8.24. The SMILES string of the molecule is Cc1cc(C)cc(NC(=O)C(Sc2ccc(NC(=S)Nc3ccccc3)cc2)c2ccccc2)c1. The number of para-hydroxylation sites is 1. The standard InChI is InChI=1S/C29H27N3OS2/c1-20-17-21(2)19-25(18-20)30-28(33)27(22-9-5-3-6-10-22)35-26-15-13-24(14-16-26)32-29(34)31-23-11-7-4-8-12-23/h3-19,27H,1-2H3,(H,30,33)(H2,31,32,34). The molecule has 1 unspecified atom stereocenters. The topological polar surface area (TPSA) is 53.2 Å². The van der Waals surface area contributed by atoms with E-state index in [0.29, 0.717) is 5.11 Å². The average molecular weight is 498 g/mol. The number of thiocarbonyl (C=S) groups is 1. The van der Waals surface area contributed by atoms with Crippen molar-refractivity contribution < 1.29 is 4.79 Å². The Hall–Kier alpha value is -3.61. The first-order chi connectivity index (χ1) is 17.0. The summed E-state index contributed by atoms with van der Waals surface area (Å²) >= 11 is 6.94. The van der Waals surface area contributed by atoms with Gasteiger partial charge in [-0.05, 0) is 91.3 Å². The Bertz CT molecular complexity index is 1270. The van der Waals surface area contributed by atoms with Gasteiger partial charge in [0.15, 0.2) is 5.11 Å². The van der Waals surface area contributed by atoms with Gasteiger partial charge in [-0.1, -0.05) is 54.6 Å². The summed E-state index contributed by atoms with van der Waals surface area (Å²) in [5.41, 5.74) is 5.80. The molecule has 0 heterocycles. The van der Waals surface area contributed by atoms with Crippen molar-refractivity contribution in [3.63, 3.8) is 0 Å². The van der Waals surface area contributed by atoms with E-state index in [9.17, 15) is 4.79 Å². The molecule has 6 heteroatoms. The molecular weight excluding hydrogens is 470 g/mol. The molecule has 35 heavy (non-hydrogen) atoms. The highest BCUT2D eigenvalue weighted by Crippen LogP contribution is 2.37. The van der Waals surface area contributed by atoms with E-state index in [4.69, 9.17) is 12.2 Å². The highest BCUT2D eigenvalue weighted by molar-refractivity contribution is 8.00. The maximum Gasteiger partial charge on any atom is 0.242 e. The van der Waals surface area contributed by atoms with E-state index in [0.717, 1.165) is 38.6 Å². The molecule has 4 aromatic carbocycles. The molecule has 176 valence electrons. The molecule has 1 atom stereocenters. The quantitative estimate of drug-likeness (QED) is 0.181. The van der Waals surface area contributed by atoms with Crippen LogP contribution in [0.25, 0.3) is 0 Å². The van der Waals surface area contributed by atoms with Crippen molar-refractivity contribution in [3.05, 3.63) is 120 Å². The van der Waals surface area contributed by atoms with Crippen molar-refractivity contribution in [2.75, 3.05) is 16.0 Å². The summed E-state index contributed by atoms with van der Waals surface area (Å²) in [6.07, 6.45) is 0. The summed E-state index contributed by atoms with van der Waals surface area (Å²) in [7, 11) is 0. The third-order valence-corrected chi connectivity index (χ3v) is 6.70. The molecule has 0 saturated heterocycles. The van der Waals surface area contributed by atoms with E-state index in [1.165, 1.54) is 11.8 Å². The molecule has 0 aliphatic carbocycles. The second-order valence-corrected chi connectivity index (χ2v) is 9.83. The summed E-state index contributed by atoms with van der Waals surface area (Å²) in [6.45, 7) is 4.06. The van der Waals surface area contributed by atoms with Crippen molar-refractivity contribution in [2.45, 2.75) is 24.0 Å². The predicted molar refractivity (Wildman–Crippen MR) is 152 cm³/mol. The van der Waals surface area contributed by atoms with Crippen molar-refractivity contribution >= 4 is 52.1 Å². The molecule has 0 aliphatic heterocycles. The fraction of sp³-hybridized carbons (Fsp3) is 0.103. The zero-order chi connectivity index (χ0) is 24.6. The van der Waals surface area contributed by atoms with Gasteiger partial charge < -0.3 is 16.0 Å². The van der Waals surface area contributed by atoms with Crippen LogP contribution in [0.5, 0.6) is 0 Å². The minimum atomic E-state index is -0.392. The summed E-state index contributed by atoms with van der Waals surface area (Å²) < 4.78 is 0. The lowest BCUT2D eigenvalue weighted by molar-refractivity contribution is -0.115. The molecule has 4 nitrogen and oxygen atoms in total. The van der Waals surface area contributed by atoms with Gasteiger partial charge in [-0.15, -0.1) is 11.8 Å². The number of amides is 1. The van der Waals surface area contributed by atoms with Crippen LogP contribution in [0.15, 0.2) is 108 Å². The van der Waals surface area contributed by atoms with Gasteiger partial charge in [-0.2, -0.15) is 0 Å². The minimum Gasteiger partial charge on any atom is -0.332 e. The Labute approximate surface area is 216 Å². The van der Waals surface area contributed by atoms with Gasteiger partial charge in [-0.25, -0.2) is 0 Å². The monoisotopic (exact) mass is 497 g/mol. The van der Waals surface area contributed by atoms with Crippen LogP contribution < -0.4 is 16.0 Å². The highest BCUT2D eigenvalue weighted by atomic mass is 32.2. The second kappa shape index (κ2) is 11.7. The molecule has 3 N–H and O–H groups in total. The molecule has 0 spiro atoms. The molecule has 0 radical (unpaired) electrons. The zero-order valence-corrected chi connectivity index (χ0v) is 21.3. The number of anilines is 3. The number of carbonyl (C=O) groups excluding carboxylic acids is 1. The van der Waals surface area contributed by atoms with Crippen molar-refractivity contribution in [2.24, 2.45) is 0 Å². The van der Waals surface area contributed by atoms with Gasteiger partial charge >= 0.3 is 0 Å². The third-order valence-electron chi connectivity index (χ3n) is 5.23. The summed E-state index contributed by atoms with van der Waals surface area (Å²) in [6, 6.07) is 33.6. The smallest absolute Gasteiger partial charge is 0.242 e. The average Bonchev–Trinajstić information content (AvgIpc) is 2.84. The molecule has 0 bridgehead atoms. The Morgan fingerprint density at radius 3 is 1.83 bits per heavy atom. The Balaban J connectivity index is 1.46. The van der Waals surface area contributed by atoms with E-state index in [2.05, 4.69) is 22.0 Å². The van der Waals surface area contributed by atoms with Crippen LogP contribution in [0.4, 0.5) is 17.1 Å². The lowest BCUT2D eigenvalue weighted by Crippen LogP contribution is -2.19. The number of aryl methyl sites for hydroxylation is 2. The van der Waals surface area contributed by atoms with E-state index in [1.807, 2.05) is 111 Å². The van der Waals surface area contributed by atoms with Gasteiger partial charge in [-0.3, -0.25) is 4.79 Å². The number of hydrogen-bond acceptors (Lipinski definition) is 3.